The van der Waals surface area contributed by atoms with Gasteiger partial charge in [0, 0.05) is 19.2 Å². The van der Waals surface area contributed by atoms with E-state index in [1.54, 1.807) is 14.0 Å². The molecule has 1 atom stereocenters. The molecule has 2 rings (SSSR count). The number of nitrogens with one attached hydrogen (secondary N) is 1. The smallest absolute Gasteiger partial charge is 0.277 e. The third-order valence-electron chi connectivity index (χ3n) is 3.07. The van der Waals surface area contributed by atoms with Crippen molar-refractivity contribution >= 4 is 17.7 Å². The van der Waals surface area contributed by atoms with Gasteiger partial charge in [-0.3, -0.25) is 4.79 Å². The van der Waals surface area contributed by atoms with Gasteiger partial charge in [0.15, 0.2) is 0 Å². The van der Waals surface area contributed by atoms with Crippen LogP contribution in [0.2, 0.25) is 0 Å². The maximum absolute atomic E-state index is 11.9. The van der Waals surface area contributed by atoms with Gasteiger partial charge in [-0.1, -0.05) is 11.8 Å². The van der Waals surface area contributed by atoms with Crippen molar-refractivity contribution in [1.29, 1.82) is 0 Å². The summed E-state index contributed by atoms with van der Waals surface area (Å²) in [6, 6.07) is 7.41. The molecule has 0 aliphatic carbocycles. The van der Waals surface area contributed by atoms with E-state index in [0.717, 1.165) is 11.3 Å². The SMILES string of the molecule is CCOc1ccc(-c2nnc(S[C@@H](C)C(=O)NCCOC)o2)cc1. The third kappa shape index (κ3) is 5.24. The summed E-state index contributed by atoms with van der Waals surface area (Å²) in [5.74, 6) is 1.10. The number of ether oxygens (including phenoxy) is 2. The Bertz CT molecular complexity index is 645. The molecule has 0 aliphatic rings. The normalized spacial score (nSPS) is 12.0. The molecule has 1 heterocycles. The van der Waals surface area contributed by atoms with Gasteiger partial charge >= 0.3 is 0 Å². The fraction of sp³-hybridized carbons (Fsp3) is 0.438. The molecular formula is C16H21N3O4S. The van der Waals surface area contributed by atoms with Crippen molar-refractivity contribution in [1.82, 2.24) is 15.5 Å². The van der Waals surface area contributed by atoms with E-state index in [2.05, 4.69) is 15.5 Å². The summed E-state index contributed by atoms with van der Waals surface area (Å²) < 4.78 is 15.9. The Morgan fingerprint density at radius 3 is 2.75 bits per heavy atom. The number of rotatable bonds is 9. The van der Waals surface area contributed by atoms with Gasteiger partial charge in [-0.2, -0.15) is 0 Å². The minimum absolute atomic E-state index is 0.0992. The lowest BCUT2D eigenvalue weighted by molar-refractivity contribution is -0.120. The van der Waals surface area contributed by atoms with Gasteiger partial charge in [0.25, 0.3) is 5.22 Å². The average molecular weight is 351 g/mol. The van der Waals surface area contributed by atoms with E-state index in [1.807, 2.05) is 31.2 Å². The van der Waals surface area contributed by atoms with E-state index in [-0.39, 0.29) is 11.2 Å². The summed E-state index contributed by atoms with van der Waals surface area (Å²) in [6.07, 6.45) is 0. The third-order valence-corrected chi connectivity index (χ3v) is 4.01. The van der Waals surface area contributed by atoms with Gasteiger partial charge in [-0.15, -0.1) is 10.2 Å². The molecule has 24 heavy (non-hydrogen) atoms. The molecule has 1 N–H and O–H groups in total. The number of methoxy groups -OCH3 is 1. The van der Waals surface area contributed by atoms with Crippen LogP contribution in [-0.2, 0) is 9.53 Å². The van der Waals surface area contributed by atoms with E-state index in [0.29, 0.717) is 30.9 Å². The topological polar surface area (TPSA) is 86.5 Å². The van der Waals surface area contributed by atoms with Crippen molar-refractivity contribution in [2.45, 2.75) is 24.3 Å². The van der Waals surface area contributed by atoms with Crippen LogP contribution < -0.4 is 10.1 Å². The van der Waals surface area contributed by atoms with Crippen LogP contribution in [0.1, 0.15) is 13.8 Å². The molecule has 0 bridgehead atoms. The van der Waals surface area contributed by atoms with Crippen molar-refractivity contribution < 1.29 is 18.7 Å². The Labute approximate surface area is 145 Å². The monoisotopic (exact) mass is 351 g/mol. The van der Waals surface area contributed by atoms with Crippen molar-refractivity contribution in [2.24, 2.45) is 0 Å². The van der Waals surface area contributed by atoms with Crippen molar-refractivity contribution in [3.63, 3.8) is 0 Å². The Morgan fingerprint density at radius 2 is 2.08 bits per heavy atom. The number of hydrogen-bond acceptors (Lipinski definition) is 7. The van der Waals surface area contributed by atoms with Gasteiger partial charge in [0.2, 0.25) is 11.8 Å². The Balaban J connectivity index is 1.93. The molecule has 1 aromatic heterocycles. The zero-order chi connectivity index (χ0) is 17.4. The molecule has 7 nitrogen and oxygen atoms in total. The standard InChI is InChI=1S/C16H21N3O4S/c1-4-22-13-7-5-12(6-8-13)15-18-19-16(23-15)24-11(2)14(20)17-9-10-21-3/h5-8,11H,4,9-10H2,1-3H3,(H,17,20)/t11-/m0/s1. The van der Waals surface area contributed by atoms with E-state index < -0.39 is 0 Å². The number of aromatic nitrogens is 2. The van der Waals surface area contributed by atoms with Crippen molar-refractivity contribution in [2.75, 3.05) is 26.9 Å². The molecule has 1 aromatic carbocycles. The van der Waals surface area contributed by atoms with Crippen LogP contribution in [0.25, 0.3) is 11.5 Å². The van der Waals surface area contributed by atoms with E-state index >= 15 is 0 Å². The van der Waals surface area contributed by atoms with E-state index in [1.165, 1.54) is 11.8 Å². The number of benzene rings is 1. The van der Waals surface area contributed by atoms with Crippen LogP contribution in [0.5, 0.6) is 5.75 Å². The van der Waals surface area contributed by atoms with E-state index in [9.17, 15) is 4.79 Å². The molecule has 1 amide bonds. The summed E-state index contributed by atoms with van der Waals surface area (Å²) in [6.45, 7) is 5.29. The minimum atomic E-state index is -0.338. The fourth-order valence-corrected chi connectivity index (χ4v) is 2.57. The summed E-state index contributed by atoms with van der Waals surface area (Å²) in [5, 5.41) is 10.8. The second-order valence-corrected chi connectivity index (χ2v) is 6.17. The van der Waals surface area contributed by atoms with Crippen LogP contribution in [0.4, 0.5) is 0 Å². The van der Waals surface area contributed by atoms with Gasteiger partial charge < -0.3 is 19.2 Å². The van der Waals surface area contributed by atoms with Crippen molar-refractivity contribution in [3.05, 3.63) is 24.3 Å². The first-order chi connectivity index (χ1) is 11.6. The number of thioether (sulfide) groups is 1. The highest BCUT2D eigenvalue weighted by Gasteiger charge is 2.18. The Hall–Kier alpha value is -2.06. The first kappa shape index (κ1) is 18.3. The minimum Gasteiger partial charge on any atom is -0.494 e. The predicted molar refractivity (Wildman–Crippen MR) is 91.1 cm³/mol. The summed E-state index contributed by atoms with van der Waals surface area (Å²) in [5.41, 5.74) is 0.801. The highest BCUT2D eigenvalue weighted by atomic mass is 32.2. The lowest BCUT2D eigenvalue weighted by Gasteiger charge is -2.09. The summed E-state index contributed by atoms with van der Waals surface area (Å²) >= 11 is 1.22. The quantitative estimate of drug-likeness (QED) is 0.548. The summed E-state index contributed by atoms with van der Waals surface area (Å²) in [4.78, 5) is 11.9. The van der Waals surface area contributed by atoms with Gasteiger partial charge in [0.05, 0.1) is 18.5 Å². The molecule has 0 radical (unpaired) electrons. The maximum atomic E-state index is 11.9. The second kappa shape index (κ2) is 9.29. The first-order valence-electron chi connectivity index (χ1n) is 7.64. The molecule has 0 aliphatic heterocycles. The van der Waals surface area contributed by atoms with E-state index in [4.69, 9.17) is 13.9 Å². The van der Waals surface area contributed by atoms with Crippen LogP contribution >= 0.6 is 11.8 Å². The number of nitrogens with zero attached hydrogens (tertiary/aromatic N) is 2. The highest BCUT2D eigenvalue weighted by Crippen LogP contribution is 2.27. The summed E-state index contributed by atoms with van der Waals surface area (Å²) in [7, 11) is 1.59. The van der Waals surface area contributed by atoms with Gasteiger partial charge in [0.1, 0.15) is 5.75 Å². The van der Waals surface area contributed by atoms with Crippen LogP contribution in [-0.4, -0.2) is 48.2 Å². The number of amides is 1. The largest absolute Gasteiger partial charge is 0.494 e. The zero-order valence-electron chi connectivity index (χ0n) is 13.9. The lowest BCUT2D eigenvalue weighted by atomic mass is 10.2. The predicted octanol–water partition coefficient (Wildman–Crippen LogP) is 2.38. The molecule has 0 saturated heterocycles. The average Bonchev–Trinajstić information content (AvgIpc) is 3.04. The van der Waals surface area contributed by atoms with Gasteiger partial charge in [-0.05, 0) is 38.1 Å². The van der Waals surface area contributed by atoms with Crippen molar-refractivity contribution in [3.8, 4) is 17.2 Å². The maximum Gasteiger partial charge on any atom is 0.277 e. The van der Waals surface area contributed by atoms with Crippen LogP contribution in [0, 0.1) is 0 Å². The molecule has 0 spiro atoms. The van der Waals surface area contributed by atoms with Gasteiger partial charge in [-0.25, -0.2) is 0 Å². The van der Waals surface area contributed by atoms with Crippen LogP contribution in [0.3, 0.4) is 0 Å². The molecule has 0 saturated carbocycles. The molecular weight excluding hydrogens is 330 g/mol. The Morgan fingerprint density at radius 1 is 1.33 bits per heavy atom. The molecule has 8 heteroatoms. The first-order valence-corrected chi connectivity index (χ1v) is 8.52. The fourth-order valence-electron chi connectivity index (χ4n) is 1.86. The highest BCUT2D eigenvalue weighted by molar-refractivity contribution is 8.00. The molecule has 130 valence electrons. The second-order valence-electron chi connectivity index (χ2n) is 4.87. The number of hydrogen-bond donors (Lipinski definition) is 1. The molecule has 0 fully saturated rings. The van der Waals surface area contributed by atoms with Crippen LogP contribution in [0.15, 0.2) is 33.9 Å². The molecule has 0 unspecified atom stereocenters. The molecule has 2 aromatic rings. The number of carbonyl (C=O) groups excluding carboxylic acids is 1. The number of carbonyl (C=O) groups is 1. The zero-order valence-corrected chi connectivity index (χ0v) is 14.8. The lowest BCUT2D eigenvalue weighted by Crippen LogP contribution is -2.33. The Kier molecular flexibility index (Phi) is 7.07.